The van der Waals surface area contributed by atoms with Crippen LogP contribution in [0.1, 0.15) is 55.9 Å². The Morgan fingerprint density at radius 2 is 1.96 bits per heavy atom. The summed E-state index contributed by atoms with van der Waals surface area (Å²) in [6.45, 7) is 7.17. The first-order chi connectivity index (χ1) is 12.6. The summed E-state index contributed by atoms with van der Waals surface area (Å²) in [6, 6.07) is 6.10. The Kier molecular flexibility index (Phi) is 3.31. The van der Waals surface area contributed by atoms with E-state index in [9.17, 15) is 4.79 Å². The van der Waals surface area contributed by atoms with Crippen molar-refractivity contribution in [1.82, 2.24) is 5.32 Å². The second kappa shape index (κ2) is 5.48. The highest BCUT2D eigenvalue weighted by Gasteiger charge is 2.41. The fourth-order valence-corrected chi connectivity index (χ4v) is 4.48. The van der Waals surface area contributed by atoms with Crippen LogP contribution in [0.25, 0.3) is 0 Å². The molecule has 0 saturated carbocycles. The highest BCUT2D eigenvalue weighted by Crippen LogP contribution is 2.48. The van der Waals surface area contributed by atoms with E-state index in [4.69, 9.17) is 14.2 Å². The number of carbonyl (C=O) groups excluding carboxylic acids is 1. The molecule has 0 saturated heterocycles. The van der Waals surface area contributed by atoms with E-state index in [2.05, 4.69) is 24.4 Å². The zero-order chi connectivity index (χ0) is 18.0. The molecule has 5 nitrogen and oxygen atoms in total. The highest BCUT2D eigenvalue weighted by molar-refractivity contribution is 5.96. The first kappa shape index (κ1) is 15.7. The molecule has 1 unspecified atom stereocenters. The summed E-state index contributed by atoms with van der Waals surface area (Å²) in [4.78, 5) is 12.6. The first-order valence-corrected chi connectivity index (χ1v) is 9.02. The van der Waals surface area contributed by atoms with Gasteiger partial charge in [0.05, 0.1) is 11.6 Å². The minimum atomic E-state index is -0.324. The van der Waals surface area contributed by atoms with Gasteiger partial charge in [0.2, 0.25) is 6.79 Å². The van der Waals surface area contributed by atoms with Crippen LogP contribution in [-0.2, 0) is 11.2 Å². The van der Waals surface area contributed by atoms with Crippen molar-refractivity contribution in [3.63, 3.8) is 0 Å². The third-order valence-corrected chi connectivity index (χ3v) is 5.92. The average molecular weight is 351 g/mol. The number of carbonyl (C=O) groups is 1. The number of fused-ring (bicyclic) bond motifs is 3. The van der Waals surface area contributed by atoms with Crippen molar-refractivity contribution in [1.29, 1.82) is 0 Å². The largest absolute Gasteiger partial charge is 0.454 e. The summed E-state index contributed by atoms with van der Waals surface area (Å²) in [7, 11) is 0. The molecule has 0 fully saturated rings. The summed E-state index contributed by atoms with van der Waals surface area (Å²) in [5.41, 5.74) is 7.29. The van der Waals surface area contributed by atoms with Gasteiger partial charge in [0, 0.05) is 11.1 Å². The molecule has 1 N–H and O–H groups in total. The van der Waals surface area contributed by atoms with Crippen LogP contribution in [0.3, 0.4) is 0 Å². The average Bonchev–Trinajstić information content (AvgIpc) is 3.22. The zero-order valence-corrected chi connectivity index (χ0v) is 15.1. The fourth-order valence-electron chi connectivity index (χ4n) is 4.48. The van der Waals surface area contributed by atoms with Crippen molar-refractivity contribution >= 4 is 5.97 Å². The Morgan fingerprint density at radius 3 is 2.81 bits per heavy atom. The molecule has 3 heterocycles. The third kappa shape index (κ3) is 2.04. The van der Waals surface area contributed by atoms with Gasteiger partial charge in [-0.05, 0) is 62.1 Å². The summed E-state index contributed by atoms with van der Waals surface area (Å²) < 4.78 is 17.1. The number of hydrogen-bond donors (Lipinski definition) is 1. The van der Waals surface area contributed by atoms with Gasteiger partial charge in [0.15, 0.2) is 11.5 Å². The van der Waals surface area contributed by atoms with Crippen molar-refractivity contribution in [3.8, 4) is 11.5 Å². The van der Waals surface area contributed by atoms with Crippen LogP contribution in [0.2, 0.25) is 0 Å². The van der Waals surface area contributed by atoms with Gasteiger partial charge in [0.1, 0.15) is 6.10 Å². The van der Waals surface area contributed by atoms with Gasteiger partial charge in [-0.15, -0.1) is 0 Å². The molecule has 0 aromatic heterocycles. The number of cyclic esters (lactones) is 1. The van der Waals surface area contributed by atoms with Crippen LogP contribution in [0.15, 0.2) is 18.2 Å². The zero-order valence-electron chi connectivity index (χ0n) is 15.1. The fraction of sp³-hybridized carbons (Fsp3) is 0.381. The Bertz CT molecular complexity index is 950. The lowest BCUT2D eigenvalue weighted by atomic mass is 9.84. The van der Waals surface area contributed by atoms with Crippen molar-refractivity contribution in [2.75, 3.05) is 13.3 Å². The predicted molar refractivity (Wildman–Crippen MR) is 95.8 cm³/mol. The Morgan fingerprint density at radius 1 is 1.12 bits per heavy atom. The second-order valence-electron chi connectivity index (χ2n) is 7.29. The number of hydrogen-bond acceptors (Lipinski definition) is 5. The van der Waals surface area contributed by atoms with E-state index in [-0.39, 0.29) is 24.9 Å². The Balaban J connectivity index is 1.65. The number of aryl methyl sites for hydroxylation is 1. The second-order valence-corrected chi connectivity index (χ2v) is 7.29. The van der Waals surface area contributed by atoms with Gasteiger partial charge in [0.25, 0.3) is 0 Å². The van der Waals surface area contributed by atoms with Crippen LogP contribution < -0.4 is 14.8 Å². The molecular weight excluding hydrogens is 330 g/mol. The lowest BCUT2D eigenvalue weighted by molar-refractivity contribution is 0.0285. The molecule has 0 amide bonds. The number of nitrogens with one attached hydrogen (secondary N) is 1. The molecule has 2 atom stereocenters. The summed E-state index contributed by atoms with van der Waals surface area (Å²) in [5, 5.41) is 3.57. The van der Waals surface area contributed by atoms with E-state index in [1.54, 1.807) is 0 Å². The Labute approximate surface area is 152 Å². The van der Waals surface area contributed by atoms with Crippen LogP contribution in [0.5, 0.6) is 11.5 Å². The number of ether oxygens (including phenoxy) is 3. The number of rotatable bonds is 1. The minimum Gasteiger partial charge on any atom is -0.454 e. The molecule has 3 aliphatic rings. The van der Waals surface area contributed by atoms with E-state index < -0.39 is 0 Å². The summed E-state index contributed by atoms with van der Waals surface area (Å²) in [6.07, 6.45) is 0.596. The molecule has 0 bridgehead atoms. The molecule has 134 valence electrons. The van der Waals surface area contributed by atoms with Gasteiger partial charge < -0.3 is 19.5 Å². The topological polar surface area (TPSA) is 56.8 Å². The smallest absolute Gasteiger partial charge is 0.339 e. The van der Waals surface area contributed by atoms with Crippen molar-refractivity contribution in [2.45, 2.75) is 39.3 Å². The van der Waals surface area contributed by atoms with Gasteiger partial charge in [-0.25, -0.2) is 4.79 Å². The normalized spacial score (nSPS) is 22.8. The summed E-state index contributed by atoms with van der Waals surface area (Å²) in [5.74, 6) is 1.40. The first-order valence-electron chi connectivity index (χ1n) is 9.02. The van der Waals surface area contributed by atoms with Crippen molar-refractivity contribution in [2.24, 2.45) is 0 Å². The van der Waals surface area contributed by atoms with Crippen LogP contribution in [0.4, 0.5) is 0 Å². The van der Waals surface area contributed by atoms with E-state index in [1.807, 2.05) is 19.9 Å². The molecule has 3 aliphatic heterocycles. The van der Waals surface area contributed by atoms with Gasteiger partial charge in [-0.1, -0.05) is 12.1 Å². The number of benzene rings is 2. The highest BCUT2D eigenvalue weighted by atomic mass is 16.7. The molecule has 2 aromatic carbocycles. The molecule has 26 heavy (non-hydrogen) atoms. The van der Waals surface area contributed by atoms with E-state index in [0.29, 0.717) is 0 Å². The number of esters is 1. The molecule has 5 rings (SSSR count). The maximum absolute atomic E-state index is 12.6. The van der Waals surface area contributed by atoms with Crippen LogP contribution >= 0.6 is 0 Å². The molecule has 0 radical (unpaired) electrons. The van der Waals surface area contributed by atoms with E-state index >= 15 is 0 Å². The van der Waals surface area contributed by atoms with Crippen LogP contribution in [0, 0.1) is 20.8 Å². The molecule has 0 aliphatic carbocycles. The SMILES string of the molecule is Cc1ccc2c(c1C)C(=O)O[C@@H]2C1NCCc2cc3c(c(C)c21)OCO3. The third-order valence-electron chi connectivity index (χ3n) is 5.92. The molecule has 2 aromatic rings. The van der Waals surface area contributed by atoms with Crippen LogP contribution in [-0.4, -0.2) is 19.3 Å². The predicted octanol–water partition coefficient (Wildman–Crippen LogP) is 3.44. The van der Waals surface area contributed by atoms with E-state index in [1.165, 1.54) is 11.1 Å². The minimum absolute atomic E-state index is 0.0828. The monoisotopic (exact) mass is 351 g/mol. The summed E-state index contributed by atoms with van der Waals surface area (Å²) >= 11 is 0. The maximum Gasteiger partial charge on any atom is 0.339 e. The lowest BCUT2D eigenvalue weighted by Crippen LogP contribution is -2.34. The quantitative estimate of drug-likeness (QED) is 0.798. The van der Waals surface area contributed by atoms with Gasteiger partial charge in [-0.2, -0.15) is 0 Å². The molecule has 0 spiro atoms. The lowest BCUT2D eigenvalue weighted by Gasteiger charge is -2.32. The molecular formula is C21H21NO4. The van der Waals surface area contributed by atoms with Crippen molar-refractivity contribution in [3.05, 3.63) is 57.1 Å². The maximum atomic E-state index is 12.6. The van der Waals surface area contributed by atoms with E-state index in [0.717, 1.165) is 52.3 Å². The standard InChI is InChI=1S/C21H21NO4/c1-10-4-5-14-17(11(10)2)21(23)26-20(14)18-16-12(3)19-15(24-9-25-19)8-13(16)6-7-22-18/h4-5,8,18,20,22H,6-7,9H2,1-3H3/t18?,20-/m0/s1. The van der Waals surface area contributed by atoms with Crippen molar-refractivity contribution < 1.29 is 19.0 Å². The van der Waals surface area contributed by atoms with Gasteiger partial charge in [-0.3, -0.25) is 0 Å². The Hall–Kier alpha value is -2.53. The van der Waals surface area contributed by atoms with Gasteiger partial charge >= 0.3 is 5.97 Å². The molecule has 5 heteroatoms.